The summed E-state index contributed by atoms with van der Waals surface area (Å²) in [6.45, 7) is -0.736. The average Bonchev–Trinajstić information content (AvgIpc) is 2.00. The number of nitrogens with one attached hydrogen (secondary N) is 2. The zero-order chi connectivity index (χ0) is 11.9. The number of carbonyl (C=O) groups is 2. The lowest BCUT2D eigenvalue weighted by Gasteiger charge is -2.05. The fraction of sp³-hybridized carbons (Fsp3) is 0.667. The lowest BCUT2D eigenvalue weighted by Crippen LogP contribution is -2.38. The minimum atomic E-state index is -3.13. The van der Waals surface area contributed by atoms with Gasteiger partial charge in [-0.2, -0.15) is 0 Å². The first-order valence-electron chi connectivity index (χ1n) is 3.86. The van der Waals surface area contributed by atoms with Crippen molar-refractivity contribution in [1.82, 2.24) is 10.8 Å². The Morgan fingerprint density at radius 1 is 1.40 bits per heavy atom. The largest absolute Gasteiger partial charge is 0.479 e. The summed E-state index contributed by atoms with van der Waals surface area (Å²) < 4.78 is 21.3. The van der Waals surface area contributed by atoms with Crippen LogP contribution < -0.4 is 10.8 Å². The summed E-state index contributed by atoms with van der Waals surface area (Å²) in [5.74, 6) is -1.43. The summed E-state index contributed by atoms with van der Waals surface area (Å²) in [6.07, 6.45) is 1.04. The molecule has 0 rings (SSSR count). The molecule has 8 nitrogen and oxygen atoms in total. The second kappa shape index (κ2) is 6.19. The van der Waals surface area contributed by atoms with E-state index in [0.717, 1.165) is 6.26 Å². The summed E-state index contributed by atoms with van der Waals surface area (Å²) in [5.41, 5.74) is 1.77. The van der Waals surface area contributed by atoms with Crippen molar-refractivity contribution >= 4 is 21.8 Å². The maximum atomic E-state index is 10.8. The Hall–Kier alpha value is -1.35. The van der Waals surface area contributed by atoms with Gasteiger partial charge in [-0.05, 0) is 0 Å². The van der Waals surface area contributed by atoms with E-state index in [1.807, 2.05) is 0 Å². The summed E-state index contributed by atoms with van der Waals surface area (Å²) in [6, 6.07) is -0.792. The quantitative estimate of drug-likeness (QED) is 0.478. The molecule has 0 radical (unpaired) electrons. The van der Waals surface area contributed by atoms with Crippen LogP contribution in [0, 0.1) is 0 Å². The van der Waals surface area contributed by atoms with Crippen LogP contribution in [0.4, 0.5) is 4.79 Å². The van der Waals surface area contributed by atoms with Crippen LogP contribution in [0.2, 0.25) is 0 Å². The van der Waals surface area contributed by atoms with E-state index in [4.69, 9.17) is 5.11 Å². The molecule has 0 aliphatic heterocycles. The van der Waals surface area contributed by atoms with E-state index in [0.29, 0.717) is 0 Å². The molecule has 3 N–H and O–H groups in total. The number of carbonyl (C=O) groups excluding carboxylic acids is 1. The molecule has 9 heteroatoms. The molecule has 0 aromatic rings. The molecule has 0 aromatic heterocycles. The molecule has 0 aliphatic rings. The van der Waals surface area contributed by atoms with Gasteiger partial charge in [-0.3, -0.25) is 4.84 Å². The fourth-order valence-corrected chi connectivity index (χ4v) is 1.02. The molecule has 0 saturated carbocycles. The molecule has 0 heterocycles. The van der Waals surface area contributed by atoms with Gasteiger partial charge >= 0.3 is 12.0 Å². The zero-order valence-corrected chi connectivity index (χ0v) is 8.83. The van der Waals surface area contributed by atoms with Crippen LogP contribution in [0.3, 0.4) is 0 Å². The predicted molar refractivity (Wildman–Crippen MR) is 49.8 cm³/mol. The van der Waals surface area contributed by atoms with Crippen LogP contribution >= 0.6 is 0 Å². The molecule has 88 valence electrons. The Kier molecular flexibility index (Phi) is 5.64. The number of rotatable bonds is 6. The van der Waals surface area contributed by atoms with Gasteiger partial charge in [-0.15, -0.1) is 0 Å². The number of carboxylic acid groups (broad SMARTS) is 1. The first-order valence-corrected chi connectivity index (χ1v) is 5.92. The third-order valence-corrected chi connectivity index (χ3v) is 2.06. The van der Waals surface area contributed by atoms with Crippen molar-refractivity contribution in [3.05, 3.63) is 0 Å². The van der Waals surface area contributed by atoms with E-state index in [9.17, 15) is 18.0 Å². The molecule has 0 atom stereocenters. The van der Waals surface area contributed by atoms with Gasteiger partial charge in [0, 0.05) is 12.8 Å². The van der Waals surface area contributed by atoms with E-state index in [1.54, 1.807) is 5.48 Å². The highest BCUT2D eigenvalue weighted by atomic mass is 32.2. The Morgan fingerprint density at radius 2 is 2.00 bits per heavy atom. The van der Waals surface area contributed by atoms with Crippen LogP contribution in [0.1, 0.15) is 0 Å². The fourth-order valence-electron chi connectivity index (χ4n) is 0.549. The maximum absolute atomic E-state index is 10.8. The molecule has 0 spiro atoms. The Morgan fingerprint density at radius 3 is 2.47 bits per heavy atom. The zero-order valence-electron chi connectivity index (χ0n) is 8.02. The number of aliphatic carboxylic acids is 1. The molecular formula is C6H12N2O6S. The van der Waals surface area contributed by atoms with Crippen molar-refractivity contribution in [1.29, 1.82) is 0 Å². The van der Waals surface area contributed by atoms with Crippen LogP contribution in [-0.2, 0) is 19.5 Å². The van der Waals surface area contributed by atoms with Gasteiger partial charge in [0.05, 0.1) is 5.75 Å². The van der Waals surface area contributed by atoms with Crippen molar-refractivity contribution in [2.75, 3.05) is 25.2 Å². The highest BCUT2D eigenvalue weighted by Gasteiger charge is 2.05. The van der Waals surface area contributed by atoms with Crippen LogP contribution in [0.5, 0.6) is 0 Å². The second-order valence-electron chi connectivity index (χ2n) is 2.67. The number of hydrogen-bond acceptors (Lipinski definition) is 5. The van der Waals surface area contributed by atoms with Crippen molar-refractivity contribution in [2.24, 2.45) is 0 Å². The third kappa shape index (κ3) is 10.6. The monoisotopic (exact) mass is 240 g/mol. The number of hydrogen-bond donors (Lipinski definition) is 3. The minimum Gasteiger partial charge on any atom is -0.479 e. The summed E-state index contributed by atoms with van der Waals surface area (Å²) in [7, 11) is -3.13. The van der Waals surface area contributed by atoms with Gasteiger partial charge in [0.2, 0.25) is 0 Å². The SMILES string of the molecule is CS(=O)(=O)CCNC(=O)NOCC(=O)O. The first kappa shape index (κ1) is 13.7. The molecule has 0 aliphatic carbocycles. The van der Waals surface area contributed by atoms with Gasteiger partial charge in [-0.1, -0.05) is 0 Å². The molecule has 2 amide bonds. The Bertz CT molecular complexity index is 325. The van der Waals surface area contributed by atoms with Gasteiger partial charge in [-0.25, -0.2) is 23.5 Å². The molecule has 15 heavy (non-hydrogen) atoms. The van der Waals surface area contributed by atoms with E-state index < -0.39 is 28.4 Å². The van der Waals surface area contributed by atoms with E-state index in [-0.39, 0.29) is 12.3 Å². The number of hydroxylamine groups is 1. The molecule has 0 saturated heterocycles. The third-order valence-electron chi connectivity index (χ3n) is 1.12. The molecule has 0 aromatic carbocycles. The molecule has 0 unspecified atom stereocenters. The number of amides is 2. The first-order chi connectivity index (χ1) is 6.81. The lowest BCUT2D eigenvalue weighted by molar-refractivity contribution is -0.144. The lowest BCUT2D eigenvalue weighted by atomic mass is 10.7. The maximum Gasteiger partial charge on any atom is 0.338 e. The van der Waals surface area contributed by atoms with E-state index in [2.05, 4.69) is 10.2 Å². The van der Waals surface area contributed by atoms with Crippen molar-refractivity contribution in [3.8, 4) is 0 Å². The normalized spacial score (nSPS) is 10.7. The van der Waals surface area contributed by atoms with Crippen LogP contribution in [0.15, 0.2) is 0 Å². The number of urea groups is 1. The second-order valence-corrected chi connectivity index (χ2v) is 4.93. The van der Waals surface area contributed by atoms with Crippen LogP contribution in [-0.4, -0.2) is 50.7 Å². The van der Waals surface area contributed by atoms with E-state index in [1.165, 1.54) is 0 Å². The summed E-state index contributed by atoms with van der Waals surface area (Å²) in [4.78, 5) is 25.0. The predicted octanol–water partition coefficient (Wildman–Crippen LogP) is -1.65. The van der Waals surface area contributed by atoms with E-state index >= 15 is 0 Å². The molecule has 0 bridgehead atoms. The topological polar surface area (TPSA) is 122 Å². The van der Waals surface area contributed by atoms with Crippen molar-refractivity contribution in [2.45, 2.75) is 0 Å². The number of carboxylic acids is 1. The highest BCUT2D eigenvalue weighted by Crippen LogP contribution is 1.79. The highest BCUT2D eigenvalue weighted by molar-refractivity contribution is 7.90. The Labute approximate surface area is 86.5 Å². The van der Waals surface area contributed by atoms with Crippen molar-refractivity contribution in [3.63, 3.8) is 0 Å². The average molecular weight is 240 g/mol. The standard InChI is InChI=1S/C6H12N2O6S/c1-15(12,13)3-2-7-6(11)8-14-4-5(9)10/h2-4H2,1H3,(H,9,10)(H2,7,8,11). The smallest absolute Gasteiger partial charge is 0.338 e. The minimum absolute atomic E-state index is 0.0684. The van der Waals surface area contributed by atoms with Gasteiger partial charge in [0.15, 0.2) is 6.61 Å². The van der Waals surface area contributed by atoms with Gasteiger partial charge < -0.3 is 10.4 Å². The number of sulfone groups is 1. The summed E-state index contributed by atoms with van der Waals surface area (Å²) in [5, 5.41) is 10.3. The van der Waals surface area contributed by atoms with Gasteiger partial charge in [0.1, 0.15) is 9.84 Å². The summed E-state index contributed by atoms with van der Waals surface area (Å²) >= 11 is 0. The van der Waals surface area contributed by atoms with Gasteiger partial charge in [0.25, 0.3) is 0 Å². The Balaban J connectivity index is 3.54. The molecular weight excluding hydrogens is 228 g/mol. The van der Waals surface area contributed by atoms with Crippen molar-refractivity contribution < 1.29 is 28.0 Å². The molecule has 0 fully saturated rings. The van der Waals surface area contributed by atoms with Crippen LogP contribution in [0.25, 0.3) is 0 Å².